The Hall–Kier alpha value is -0.990. The fraction of sp³-hybridized carbons (Fsp3) is 0.625. The van der Waals surface area contributed by atoms with Gasteiger partial charge in [0.2, 0.25) is 10.0 Å². The van der Waals surface area contributed by atoms with E-state index in [2.05, 4.69) is 11.8 Å². The summed E-state index contributed by atoms with van der Waals surface area (Å²) in [6.45, 7) is 6.08. The lowest BCUT2D eigenvalue weighted by Gasteiger charge is -2.47. The first-order chi connectivity index (χ1) is 10.9. The zero-order valence-electron chi connectivity index (χ0n) is 13.7. The van der Waals surface area contributed by atoms with Gasteiger partial charge in [0.15, 0.2) is 0 Å². The SMILES string of the molecule is COC1(C)CN(Cc2ccccc2S(=O)(=O)N2CCOCC2)C1. The zero-order chi connectivity index (χ0) is 16.5. The van der Waals surface area contributed by atoms with Crippen molar-refractivity contribution in [3.8, 4) is 0 Å². The van der Waals surface area contributed by atoms with Crippen molar-refractivity contribution < 1.29 is 17.9 Å². The van der Waals surface area contributed by atoms with Crippen LogP contribution in [0.15, 0.2) is 29.2 Å². The van der Waals surface area contributed by atoms with E-state index in [-0.39, 0.29) is 5.60 Å². The molecule has 1 aromatic carbocycles. The van der Waals surface area contributed by atoms with Crippen LogP contribution in [0, 0.1) is 0 Å². The first kappa shape index (κ1) is 16.9. The maximum Gasteiger partial charge on any atom is 0.243 e. The summed E-state index contributed by atoms with van der Waals surface area (Å²) in [6, 6.07) is 7.28. The van der Waals surface area contributed by atoms with Gasteiger partial charge in [0.25, 0.3) is 0 Å². The zero-order valence-corrected chi connectivity index (χ0v) is 14.5. The Morgan fingerprint density at radius 2 is 1.87 bits per heavy atom. The summed E-state index contributed by atoms with van der Waals surface area (Å²) >= 11 is 0. The van der Waals surface area contributed by atoms with Gasteiger partial charge in [0.05, 0.1) is 23.7 Å². The van der Waals surface area contributed by atoms with Crippen LogP contribution in [0.25, 0.3) is 0 Å². The van der Waals surface area contributed by atoms with Gasteiger partial charge in [-0.2, -0.15) is 4.31 Å². The second kappa shape index (κ2) is 6.49. The molecular weight excluding hydrogens is 316 g/mol. The van der Waals surface area contributed by atoms with E-state index in [9.17, 15) is 8.42 Å². The third-order valence-electron chi connectivity index (χ3n) is 4.56. The van der Waals surface area contributed by atoms with Crippen LogP contribution >= 0.6 is 0 Å². The van der Waals surface area contributed by atoms with Gasteiger partial charge in [-0.15, -0.1) is 0 Å². The summed E-state index contributed by atoms with van der Waals surface area (Å²) in [5.41, 5.74) is 0.732. The second-order valence-electron chi connectivity index (χ2n) is 6.42. The van der Waals surface area contributed by atoms with E-state index >= 15 is 0 Å². The number of benzene rings is 1. The number of nitrogens with zero attached hydrogens (tertiary/aromatic N) is 2. The molecule has 1 aromatic rings. The van der Waals surface area contributed by atoms with Crippen molar-refractivity contribution in [2.45, 2.75) is 24.0 Å². The van der Waals surface area contributed by atoms with Crippen molar-refractivity contribution in [3.63, 3.8) is 0 Å². The number of ether oxygens (including phenoxy) is 2. The summed E-state index contributed by atoms with van der Waals surface area (Å²) in [5.74, 6) is 0. The van der Waals surface area contributed by atoms with Gasteiger partial charge in [-0.1, -0.05) is 18.2 Å². The topological polar surface area (TPSA) is 59.1 Å². The summed E-state index contributed by atoms with van der Waals surface area (Å²) in [6.07, 6.45) is 0. The van der Waals surface area contributed by atoms with Crippen LogP contribution in [0.4, 0.5) is 0 Å². The minimum Gasteiger partial charge on any atom is -0.379 e. The highest BCUT2D eigenvalue weighted by molar-refractivity contribution is 7.89. The Morgan fingerprint density at radius 3 is 2.52 bits per heavy atom. The molecule has 2 saturated heterocycles. The van der Waals surface area contributed by atoms with Gasteiger partial charge >= 0.3 is 0 Å². The molecule has 3 rings (SSSR count). The highest BCUT2D eigenvalue weighted by Crippen LogP contribution is 2.28. The number of hydrogen-bond acceptors (Lipinski definition) is 5. The minimum atomic E-state index is -3.46. The van der Waals surface area contributed by atoms with E-state index < -0.39 is 10.0 Å². The smallest absolute Gasteiger partial charge is 0.243 e. The van der Waals surface area contributed by atoms with Gasteiger partial charge in [-0.05, 0) is 18.6 Å². The van der Waals surface area contributed by atoms with Crippen molar-refractivity contribution >= 4 is 10.0 Å². The highest BCUT2D eigenvalue weighted by atomic mass is 32.2. The quantitative estimate of drug-likeness (QED) is 0.798. The number of rotatable bonds is 5. The van der Waals surface area contributed by atoms with Crippen LogP contribution in [0.5, 0.6) is 0 Å². The first-order valence-electron chi connectivity index (χ1n) is 7.88. The predicted octanol–water partition coefficient (Wildman–Crippen LogP) is 0.928. The number of sulfonamides is 1. The third-order valence-corrected chi connectivity index (χ3v) is 6.56. The number of morpholine rings is 1. The molecule has 2 aliphatic rings. The van der Waals surface area contributed by atoms with Crippen molar-refractivity contribution in [2.24, 2.45) is 0 Å². The molecule has 0 atom stereocenters. The van der Waals surface area contributed by atoms with Gasteiger partial charge in [0.1, 0.15) is 0 Å². The van der Waals surface area contributed by atoms with E-state index in [0.717, 1.165) is 18.7 Å². The normalized spacial score (nSPS) is 22.7. The molecule has 2 fully saturated rings. The highest BCUT2D eigenvalue weighted by Gasteiger charge is 2.39. The molecule has 23 heavy (non-hydrogen) atoms. The summed E-state index contributed by atoms with van der Waals surface area (Å²) in [7, 11) is -1.74. The van der Waals surface area contributed by atoms with Gasteiger partial charge < -0.3 is 9.47 Å². The second-order valence-corrected chi connectivity index (χ2v) is 8.33. The summed E-state index contributed by atoms with van der Waals surface area (Å²) < 4.78 is 38.0. The van der Waals surface area contributed by atoms with Crippen molar-refractivity contribution in [3.05, 3.63) is 29.8 Å². The van der Waals surface area contributed by atoms with Crippen molar-refractivity contribution in [2.75, 3.05) is 46.5 Å². The van der Waals surface area contributed by atoms with Crippen LogP contribution in [0.3, 0.4) is 0 Å². The lowest BCUT2D eigenvalue weighted by Crippen LogP contribution is -2.60. The van der Waals surface area contributed by atoms with Gasteiger partial charge in [-0.3, -0.25) is 4.90 Å². The molecule has 0 bridgehead atoms. The van der Waals surface area contributed by atoms with Crippen LogP contribution in [0.2, 0.25) is 0 Å². The third kappa shape index (κ3) is 3.44. The predicted molar refractivity (Wildman–Crippen MR) is 86.7 cm³/mol. The van der Waals surface area contributed by atoms with Crippen molar-refractivity contribution in [1.82, 2.24) is 9.21 Å². The Bertz CT molecular complexity index is 650. The lowest BCUT2D eigenvalue weighted by molar-refractivity contribution is -0.114. The molecule has 0 aromatic heterocycles. The van der Waals surface area contributed by atoms with Crippen molar-refractivity contribution in [1.29, 1.82) is 0 Å². The average Bonchev–Trinajstić information content (AvgIpc) is 2.54. The fourth-order valence-electron chi connectivity index (χ4n) is 3.19. The molecule has 7 heteroatoms. The van der Waals surface area contributed by atoms with E-state index in [4.69, 9.17) is 9.47 Å². The summed E-state index contributed by atoms with van der Waals surface area (Å²) in [4.78, 5) is 2.62. The number of hydrogen-bond donors (Lipinski definition) is 0. The molecule has 2 aliphatic heterocycles. The minimum absolute atomic E-state index is 0.113. The van der Waals surface area contributed by atoms with E-state index in [1.165, 1.54) is 4.31 Å². The van der Waals surface area contributed by atoms with Crippen LogP contribution in [0.1, 0.15) is 12.5 Å². The molecule has 0 saturated carbocycles. The van der Waals surface area contributed by atoms with Gasteiger partial charge in [0, 0.05) is 39.8 Å². The van der Waals surface area contributed by atoms with E-state index in [0.29, 0.717) is 37.7 Å². The average molecular weight is 340 g/mol. The molecule has 0 amide bonds. The molecule has 0 radical (unpaired) electrons. The molecule has 6 nitrogen and oxygen atoms in total. The first-order valence-corrected chi connectivity index (χ1v) is 9.32. The fourth-order valence-corrected chi connectivity index (χ4v) is 4.82. The Kier molecular flexibility index (Phi) is 4.75. The van der Waals surface area contributed by atoms with Crippen LogP contribution in [-0.4, -0.2) is 69.7 Å². The molecule has 0 unspecified atom stereocenters. The number of likely N-dealkylation sites (tertiary alicyclic amines) is 1. The lowest BCUT2D eigenvalue weighted by atomic mass is 9.96. The molecule has 0 spiro atoms. The maximum atomic E-state index is 12.9. The van der Waals surface area contributed by atoms with Crippen LogP contribution in [-0.2, 0) is 26.0 Å². The molecule has 0 N–H and O–H groups in total. The Balaban J connectivity index is 1.78. The van der Waals surface area contributed by atoms with Crippen LogP contribution < -0.4 is 0 Å². The Labute approximate surface area is 138 Å². The van der Waals surface area contributed by atoms with E-state index in [1.54, 1.807) is 19.2 Å². The number of methoxy groups -OCH3 is 1. The molecule has 128 valence electrons. The monoisotopic (exact) mass is 340 g/mol. The largest absolute Gasteiger partial charge is 0.379 e. The summed E-state index contributed by atoms with van der Waals surface area (Å²) in [5, 5.41) is 0. The maximum absolute atomic E-state index is 12.9. The molecule has 0 aliphatic carbocycles. The molecule has 2 heterocycles. The van der Waals surface area contributed by atoms with E-state index in [1.807, 2.05) is 12.1 Å². The molecular formula is C16H24N2O4S. The van der Waals surface area contributed by atoms with Gasteiger partial charge in [-0.25, -0.2) is 8.42 Å². The standard InChI is InChI=1S/C16H24N2O4S/c1-16(21-2)12-17(13-16)11-14-5-3-4-6-15(14)23(19,20)18-7-9-22-10-8-18/h3-6H,7-13H2,1-2H3. The Morgan fingerprint density at radius 1 is 1.22 bits per heavy atom.